The molecular formula is C7H7N5O2S2. The van der Waals surface area contributed by atoms with E-state index in [-0.39, 0.29) is 15.7 Å². The van der Waals surface area contributed by atoms with Crippen LogP contribution in [0.25, 0.3) is 0 Å². The number of aromatic nitrogens is 1. The Morgan fingerprint density at radius 2 is 2.25 bits per heavy atom. The van der Waals surface area contributed by atoms with E-state index in [1.54, 1.807) is 6.07 Å². The van der Waals surface area contributed by atoms with E-state index in [9.17, 15) is 8.42 Å². The predicted molar refractivity (Wildman–Crippen MR) is 59.2 cm³/mol. The average Bonchev–Trinajstić information content (AvgIpc) is 2.27. The second-order valence-electron chi connectivity index (χ2n) is 2.59. The number of nitriles is 1. The first-order valence-electron chi connectivity index (χ1n) is 3.89. The Morgan fingerprint density at radius 3 is 2.69 bits per heavy atom. The molecular weight excluding hydrogens is 250 g/mol. The molecule has 0 aliphatic carbocycles. The highest BCUT2D eigenvalue weighted by molar-refractivity contribution is 7.89. The van der Waals surface area contributed by atoms with Crippen molar-refractivity contribution in [1.29, 1.82) is 5.26 Å². The average molecular weight is 257 g/mol. The van der Waals surface area contributed by atoms with Gasteiger partial charge in [-0.15, -0.1) is 4.83 Å². The van der Waals surface area contributed by atoms with Crippen LogP contribution in [0.1, 0.15) is 5.69 Å². The lowest BCUT2D eigenvalue weighted by atomic mass is 10.4. The van der Waals surface area contributed by atoms with Gasteiger partial charge >= 0.3 is 0 Å². The second-order valence-corrected chi connectivity index (χ2v) is 4.71. The Labute approximate surface area is 97.3 Å². The summed E-state index contributed by atoms with van der Waals surface area (Å²) in [5.74, 6) is 0. The molecule has 16 heavy (non-hydrogen) atoms. The zero-order valence-electron chi connectivity index (χ0n) is 7.84. The van der Waals surface area contributed by atoms with Gasteiger partial charge in [-0.3, -0.25) is 5.43 Å². The summed E-state index contributed by atoms with van der Waals surface area (Å²) in [6, 6.07) is 4.31. The van der Waals surface area contributed by atoms with Crippen molar-refractivity contribution < 1.29 is 8.42 Å². The first-order chi connectivity index (χ1) is 7.45. The Morgan fingerprint density at radius 1 is 1.56 bits per heavy atom. The number of nitrogens with two attached hydrogens (primary N) is 1. The van der Waals surface area contributed by atoms with Crippen LogP contribution in [-0.2, 0) is 10.0 Å². The highest BCUT2D eigenvalue weighted by Gasteiger charge is 2.13. The summed E-state index contributed by atoms with van der Waals surface area (Å²) < 4.78 is 23.0. The lowest BCUT2D eigenvalue weighted by Gasteiger charge is -2.06. The first-order valence-corrected chi connectivity index (χ1v) is 5.78. The topological polar surface area (TPSA) is 121 Å². The van der Waals surface area contributed by atoms with E-state index in [4.69, 9.17) is 11.0 Å². The van der Waals surface area contributed by atoms with Crippen LogP contribution in [0.15, 0.2) is 23.2 Å². The van der Waals surface area contributed by atoms with Gasteiger partial charge in [0.1, 0.15) is 16.7 Å². The quantitative estimate of drug-likeness (QED) is 0.468. The lowest BCUT2D eigenvalue weighted by molar-refractivity contribution is 0.577. The third-order valence-corrected chi connectivity index (χ3v) is 2.80. The minimum absolute atomic E-state index is 0.102. The van der Waals surface area contributed by atoms with E-state index in [2.05, 4.69) is 22.6 Å². The molecule has 1 rings (SSSR count). The minimum Gasteiger partial charge on any atom is -0.375 e. The molecule has 0 amide bonds. The molecule has 0 saturated heterocycles. The van der Waals surface area contributed by atoms with E-state index >= 15 is 0 Å². The molecule has 4 N–H and O–H groups in total. The maximum atomic E-state index is 11.5. The molecule has 1 aromatic heterocycles. The third kappa shape index (κ3) is 3.13. The zero-order chi connectivity index (χ0) is 12.2. The van der Waals surface area contributed by atoms with Crippen LogP contribution in [0, 0.1) is 11.3 Å². The van der Waals surface area contributed by atoms with Gasteiger partial charge in [0.15, 0.2) is 5.11 Å². The normalized spacial score (nSPS) is 10.4. The van der Waals surface area contributed by atoms with E-state index in [1.165, 1.54) is 12.1 Å². The van der Waals surface area contributed by atoms with Crippen LogP contribution >= 0.6 is 12.2 Å². The summed E-state index contributed by atoms with van der Waals surface area (Å²) in [5, 5.41) is 8.28. The molecule has 84 valence electrons. The van der Waals surface area contributed by atoms with Gasteiger partial charge in [-0.1, -0.05) is 0 Å². The van der Waals surface area contributed by atoms with Gasteiger partial charge in [0.25, 0.3) is 10.0 Å². The first kappa shape index (κ1) is 12.3. The molecule has 1 heterocycles. The van der Waals surface area contributed by atoms with E-state index < -0.39 is 10.0 Å². The lowest BCUT2D eigenvalue weighted by Crippen LogP contribution is -2.44. The smallest absolute Gasteiger partial charge is 0.258 e. The molecule has 0 aliphatic rings. The highest BCUT2D eigenvalue weighted by atomic mass is 32.2. The fraction of sp³-hybridized carbons (Fsp3) is 0. The van der Waals surface area contributed by atoms with Crippen LogP contribution < -0.4 is 16.0 Å². The SMILES string of the molecule is N#Cc1ccc(S(=O)(=O)NNC(N)=S)cn1. The fourth-order valence-corrected chi connectivity index (χ4v) is 1.70. The molecule has 0 spiro atoms. The summed E-state index contributed by atoms with van der Waals surface area (Å²) in [6.45, 7) is 0. The molecule has 0 bridgehead atoms. The van der Waals surface area contributed by atoms with Gasteiger partial charge in [-0.25, -0.2) is 13.4 Å². The van der Waals surface area contributed by atoms with Crippen LogP contribution in [0.5, 0.6) is 0 Å². The number of hydrogen-bond acceptors (Lipinski definition) is 5. The van der Waals surface area contributed by atoms with Crippen molar-refractivity contribution in [2.45, 2.75) is 4.90 Å². The van der Waals surface area contributed by atoms with E-state index in [0.717, 1.165) is 6.20 Å². The standard InChI is InChI=1S/C7H7N5O2S2/c8-3-5-1-2-6(4-10-5)16(13,14)12-11-7(9)15/h1-2,4,12H,(H3,9,11,15). The number of nitrogens with zero attached hydrogens (tertiary/aromatic N) is 2. The van der Waals surface area contributed by atoms with Gasteiger partial charge in [0, 0.05) is 6.20 Å². The number of rotatable bonds is 3. The summed E-state index contributed by atoms with van der Waals surface area (Å²) in [7, 11) is -3.78. The summed E-state index contributed by atoms with van der Waals surface area (Å²) in [5.41, 5.74) is 7.28. The van der Waals surface area contributed by atoms with Gasteiger partial charge in [0.2, 0.25) is 0 Å². The van der Waals surface area contributed by atoms with Crippen molar-refractivity contribution in [3.8, 4) is 6.07 Å². The molecule has 0 aliphatic heterocycles. The van der Waals surface area contributed by atoms with Crippen molar-refractivity contribution >= 4 is 27.4 Å². The zero-order valence-corrected chi connectivity index (χ0v) is 9.47. The third-order valence-electron chi connectivity index (χ3n) is 1.47. The van der Waals surface area contributed by atoms with Crippen molar-refractivity contribution in [2.75, 3.05) is 0 Å². The maximum absolute atomic E-state index is 11.5. The summed E-state index contributed by atoms with van der Waals surface area (Å²) in [4.78, 5) is 5.46. The Hall–Kier alpha value is -1.76. The molecule has 9 heteroatoms. The van der Waals surface area contributed by atoms with Gasteiger partial charge in [-0.2, -0.15) is 5.26 Å². The van der Waals surface area contributed by atoms with Crippen molar-refractivity contribution in [2.24, 2.45) is 5.73 Å². The number of nitrogens with one attached hydrogen (secondary N) is 2. The van der Waals surface area contributed by atoms with E-state index in [0.29, 0.717) is 0 Å². The number of hydrogen-bond donors (Lipinski definition) is 3. The largest absolute Gasteiger partial charge is 0.375 e. The number of sulfonamides is 1. The van der Waals surface area contributed by atoms with Crippen molar-refractivity contribution in [1.82, 2.24) is 15.2 Å². The molecule has 1 aromatic rings. The number of pyridine rings is 1. The van der Waals surface area contributed by atoms with Crippen molar-refractivity contribution in [3.63, 3.8) is 0 Å². The van der Waals surface area contributed by atoms with E-state index in [1.807, 2.05) is 4.83 Å². The van der Waals surface area contributed by atoms with Gasteiger partial charge in [0.05, 0.1) is 0 Å². The Kier molecular flexibility index (Phi) is 3.73. The second kappa shape index (κ2) is 4.84. The predicted octanol–water partition coefficient (Wildman–Crippen LogP) is -1.02. The number of thiocarbonyl (C=S) groups is 1. The monoisotopic (exact) mass is 257 g/mol. The van der Waals surface area contributed by atoms with Crippen LogP contribution in [-0.4, -0.2) is 18.5 Å². The Bertz CT molecular complexity index is 531. The molecule has 0 aromatic carbocycles. The molecule has 0 unspecified atom stereocenters. The summed E-state index contributed by atoms with van der Waals surface area (Å²) in [6.07, 6.45) is 1.06. The Balaban J connectivity index is 2.91. The molecule has 0 radical (unpaired) electrons. The molecule has 0 atom stereocenters. The molecule has 0 fully saturated rings. The van der Waals surface area contributed by atoms with Crippen LogP contribution in [0.3, 0.4) is 0 Å². The van der Waals surface area contributed by atoms with Crippen LogP contribution in [0.4, 0.5) is 0 Å². The molecule has 0 saturated carbocycles. The van der Waals surface area contributed by atoms with Crippen molar-refractivity contribution in [3.05, 3.63) is 24.0 Å². The maximum Gasteiger partial charge on any atom is 0.258 e. The highest BCUT2D eigenvalue weighted by Crippen LogP contribution is 2.06. The van der Waals surface area contributed by atoms with Crippen LogP contribution in [0.2, 0.25) is 0 Å². The van der Waals surface area contributed by atoms with Gasteiger partial charge in [-0.05, 0) is 24.4 Å². The molecule has 7 nitrogen and oxygen atoms in total. The number of hydrazine groups is 1. The summed E-state index contributed by atoms with van der Waals surface area (Å²) >= 11 is 4.43. The fourth-order valence-electron chi connectivity index (χ4n) is 0.782. The minimum atomic E-state index is -3.78. The van der Waals surface area contributed by atoms with Gasteiger partial charge < -0.3 is 5.73 Å².